The van der Waals surface area contributed by atoms with Gasteiger partial charge in [0, 0.05) is 60.5 Å². The van der Waals surface area contributed by atoms with Crippen LogP contribution >= 0.6 is 23.3 Å². The van der Waals surface area contributed by atoms with E-state index in [-0.39, 0.29) is 6.10 Å². The average Bonchev–Trinajstić information content (AvgIpc) is 3.25. The first kappa shape index (κ1) is 19.4. The maximum absolute atomic E-state index is 10.4. The third kappa shape index (κ3) is 5.11. The van der Waals surface area contributed by atoms with E-state index in [9.17, 15) is 5.11 Å². The highest BCUT2D eigenvalue weighted by Gasteiger charge is 2.22. The first-order chi connectivity index (χ1) is 13.8. The van der Waals surface area contributed by atoms with E-state index in [2.05, 4.69) is 26.3 Å². The van der Waals surface area contributed by atoms with Crippen molar-refractivity contribution in [1.82, 2.24) is 14.3 Å². The minimum Gasteiger partial charge on any atom is -0.391 e. The van der Waals surface area contributed by atoms with Gasteiger partial charge in [-0.05, 0) is 12.1 Å². The fourth-order valence-electron chi connectivity index (χ4n) is 3.23. The number of anilines is 1. The van der Waals surface area contributed by atoms with Crippen LogP contribution in [0.5, 0.6) is 0 Å². The van der Waals surface area contributed by atoms with E-state index in [0.29, 0.717) is 0 Å². The van der Waals surface area contributed by atoms with Gasteiger partial charge in [-0.2, -0.15) is 9.36 Å². The van der Waals surface area contributed by atoms with Crippen molar-refractivity contribution in [3.8, 4) is 11.4 Å². The zero-order valence-corrected chi connectivity index (χ0v) is 17.3. The van der Waals surface area contributed by atoms with Gasteiger partial charge in [0.05, 0.1) is 6.10 Å². The van der Waals surface area contributed by atoms with Gasteiger partial charge in [-0.1, -0.05) is 48.5 Å². The van der Waals surface area contributed by atoms with Gasteiger partial charge in [-0.3, -0.25) is 4.90 Å². The Bertz CT molecular complexity index is 851. The molecule has 4 rings (SSSR count). The molecule has 2 aromatic carbocycles. The Morgan fingerprint density at radius 3 is 2.36 bits per heavy atom. The van der Waals surface area contributed by atoms with Gasteiger partial charge in [0.25, 0.3) is 0 Å². The van der Waals surface area contributed by atoms with Crippen molar-refractivity contribution >= 4 is 28.4 Å². The summed E-state index contributed by atoms with van der Waals surface area (Å²) in [6.07, 6.45) is -0.317. The van der Waals surface area contributed by atoms with E-state index in [0.717, 1.165) is 55.0 Å². The third-order valence-electron chi connectivity index (χ3n) is 4.74. The zero-order chi connectivity index (χ0) is 19.2. The van der Waals surface area contributed by atoms with Gasteiger partial charge in [0.2, 0.25) is 5.13 Å². The summed E-state index contributed by atoms with van der Waals surface area (Å²) in [5.41, 5.74) is 1.06. The van der Waals surface area contributed by atoms with E-state index in [4.69, 9.17) is 4.98 Å². The summed E-state index contributed by atoms with van der Waals surface area (Å²) in [4.78, 5) is 10.6. The van der Waals surface area contributed by atoms with Gasteiger partial charge < -0.3 is 10.0 Å². The number of aromatic nitrogens is 2. The maximum atomic E-state index is 10.4. The lowest BCUT2D eigenvalue weighted by atomic mass is 10.2. The molecule has 5 nitrogen and oxygen atoms in total. The first-order valence-electron chi connectivity index (χ1n) is 9.50. The highest BCUT2D eigenvalue weighted by molar-refractivity contribution is 7.99. The van der Waals surface area contributed by atoms with Crippen LogP contribution in [0.3, 0.4) is 0 Å². The largest absolute Gasteiger partial charge is 0.391 e. The quantitative estimate of drug-likeness (QED) is 0.600. The lowest BCUT2D eigenvalue weighted by Crippen LogP contribution is -2.48. The second kappa shape index (κ2) is 9.52. The number of thioether (sulfide) groups is 1. The Morgan fingerprint density at radius 1 is 0.964 bits per heavy atom. The summed E-state index contributed by atoms with van der Waals surface area (Å²) >= 11 is 3.18. The molecular weight excluding hydrogens is 388 g/mol. The Morgan fingerprint density at radius 2 is 1.64 bits per heavy atom. The molecule has 1 N–H and O–H groups in total. The van der Waals surface area contributed by atoms with Crippen LogP contribution in [0.4, 0.5) is 5.13 Å². The van der Waals surface area contributed by atoms with Crippen molar-refractivity contribution in [3.05, 3.63) is 60.7 Å². The summed E-state index contributed by atoms with van der Waals surface area (Å²) < 4.78 is 4.51. The molecule has 1 fully saturated rings. The number of benzene rings is 2. The van der Waals surface area contributed by atoms with Crippen molar-refractivity contribution in [1.29, 1.82) is 0 Å². The summed E-state index contributed by atoms with van der Waals surface area (Å²) in [5.74, 6) is 1.53. The molecule has 3 aromatic rings. The van der Waals surface area contributed by atoms with E-state index in [1.165, 1.54) is 16.4 Å². The SMILES string of the molecule is O[C@@H](CSc1ccccc1)CN1CCN(c2nc(-c3ccccc3)ns2)CC1. The zero-order valence-electron chi connectivity index (χ0n) is 15.6. The third-order valence-corrected chi connectivity index (χ3v) is 6.68. The van der Waals surface area contributed by atoms with Crippen molar-refractivity contribution in [2.24, 2.45) is 0 Å². The number of hydrogen-bond donors (Lipinski definition) is 1. The van der Waals surface area contributed by atoms with Gasteiger partial charge in [0.1, 0.15) is 0 Å². The van der Waals surface area contributed by atoms with Crippen LogP contribution in [-0.2, 0) is 0 Å². The monoisotopic (exact) mass is 412 g/mol. The standard InChI is InChI=1S/C21H24N4OS2/c26-18(16-27-19-9-5-2-6-10-19)15-24-11-13-25(14-12-24)21-22-20(23-28-21)17-7-3-1-4-8-17/h1-10,18,26H,11-16H2/t18-/m1/s1. The Kier molecular flexibility index (Phi) is 6.59. The minimum absolute atomic E-state index is 0.317. The fraction of sp³-hybridized carbons (Fsp3) is 0.333. The minimum atomic E-state index is -0.317. The number of nitrogens with zero attached hydrogens (tertiary/aromatic N) is 4. The number of aliphatic hydroxyl groups is 1. The molecule has 28 heavy (non-hydrogen) atoms. The van der Waals surface area contributed by atoms with Crippen molar-refractivity contribution < 1.29 is 5.11 Å². The summed E-state index contributed by atoms with van der Waals surface area (Å²) in [6.45, 7) is 4.43. The number of β-amino-alcohol motifs (C(OH)–C–C–N with tert-alkyl or cyclic N) is 1. The van der Waals surface area contributed by atoms with E-state index >= 15 is 0 Å². The summed E-state index contributed by atoms with van der Waals surface area (Å²) in [7, 11) is 0. The van der Waals surface area contributed by atoms with Crippen LogP contribution in [0.2, 0.25) is 0 Å². The number of rotatable bonds is 7. The lowest BCUT2D eigenvalue weighted by Gasteiger charge is -2.35. The lowest BCUT2D eigenvalue weighted by molar-refractivity contribution is 0.126. The molecular formula is C21H24N4OS2. The second-order valence-corrected chi connectivity index (χ2v) is 8.66. The number of aliphatic hydroxyl groups excluding tert-OH is 1. The molecule has 0 bridgehead atoms. The van der Waals surface area contributed by atoms with E-state index in [1.807, 2.05) is 48.5 Å². The molecule has 0 amide bonds. The Balaban J connectivity index is 1.24. The maximum Gasteiger partial charge on any atom is 0.205 e. The van der Waals surface area contributed by atoms with Gasteiger partial charge in [0.15, 0.2) is 5.82 Å². The van der Waals surface area contributed by atoms with Crippen molar-refractivity contribution in [3.63, 3.8) is 0 Å². The number of piperazine rings is 1. The molecule has 146 valence electrons. The van der Waals surface area contributed by atoms with Crippen molar-refractivity contribution in [2.75, 3.05) is 43.4 Å². The van der Waals surface area contributed by atoms with Crippen LogP contribution < -0.4 is 4.90 Å². The highest BCUT2D eigenvalue weighted by atomic mass is 32.2. The average molecular weight is 413 g/mol. The van der Waals surface area contributed by atoms with Crippen LogP contribution in [0.25, 0.3) is 11.4 Å². The summed E-state index contributed by atoms with van der Waals surface area (Å²) in [5, 5.41) is 11.4. The normalized spacial score (nSPS) is 16.2. The molecule has 2 heterocycles. The first-order valence-corrected chi connectivity index (χ1v) is 11.3. The van der Waals surface area contributed by atoms with Gasteiger partial charge in [-0.15, -0.1) is 11.8 Å². The molecule has 0 unspecified atom stereocenters. The molecule has 1 aromatic heterocycles. The number of hydrogen-bond acceptors (Lipinski definition) is 7. The molecule has 7 heteroatoms. The fourth-order valence-corrected chi connectivity index (χ4v) is 4.81. The van der Waals surface area contributed by atoms with Gasteiger partial charge >= 0.3 is 0 Å². The van der Waals surface area contributed by atoms with Crippen LogP contribution in [0.1, 0.15) is 0 Å². The van der Waals surface area contributed by atoms with E-state index in [1.54, 1.807) is 11.8 Å². The summed E-state index contributed by atoms with van der Waals surface area (Å²) in [6, 6.07) is 20.4. The van der Waals surface area contributed by atoms with Crippen LogP contribution in [-0.4, -0.2) is 63.9 Å². The smallest absolute Gasteiger partial charge is 0.205 e. The molecule has 0 radical (unpaired) electrons. The highest BCUT2D eigenvalue weighted by Crippen LogP contribution is 2.25. The molecule has 0 spiro atoms. The molecule has 0 saturated carbocycles. The van der Waals surface area contributed by atoms with Crippen LogP contribution in [0.15, 0.2) is 65.6 Å². The molecule has 1 aliphatic rings. The molecule has 1 aliphatic heterocycles. The van der Waals surface area contributed by atoms with Gasteiger partial charge in [-0.25, -0.2) is 0 Å². The molecule has 1 atom stereocenters. The Labute approximate surface area is 174 Å². The predicted molar refractivity (Wildman–Crippen MR) is 117 cm³/mol. The predicted octanol–water partition coefficient (Wildman–Crippen LogP) is 3.48. The van der Waals surface area contributed by atoms with Crippen molar-refractivity contribution in [2.45, 2.75) is 11.0 Å². The topological polar surface area (TPSA) is 52.5 Å². The van der Waals surface area contributed by atoms with Crippen LogP contribution in [0, 0.1) is 0 Å². The molecule has 1 saturated heterocycles. The second-order valence-electron chi connectivity index (χ2n) is 6.83. The van der Waals surface area contributed by atoms with E-state index < -0.39 is 0 Å². The molecule has 0 aliphatic carbocycles. The Hall–Kier alpha value is -1.93.